The highest BCUT2D eigenvalue weighted by Gasteiger charge is 2.48. The van der Waals surface area contributed by atoms with Gasteiger partial charge in [0.2, 0.25) is 5.91 Å². The summed E-state index contributed by atoms with van der Waals surface area (Å²) < 4.78 is 0. The Morgan fingerprint density at radius 1 is 0.744 bits per heavy atom. The first kappa shape index (κ1) is 26.4. The standard InChI is InChI=1S/C34H46N4O/c39-33(37-32(25-14-5-1-6-15-25)26-16-7-2-8-17-26)31-24-27-18-13-23-30(27)38(31)34(35-28-19-9-3-10-20-28)36-29-21-11-4-12-22-29/h1-2,5-8,14-17,27-32H,3-4,9-13,18-24H2,(H,35,36)(H,37,39)/t27-,30-,31-/m0/s1. The number of nitrogens with zero attached hydrogens (tertiary/aromatic N) is 2. The summed E-state index contributed by atoms with van der Waals surface area (Å²) in [6.45, 7) is 0. The Morgan fingerprint density at radius 2 is 1.36 bits per heavy atom. The minimum Gasteiger partial charge on any atom is -0.353 e. The van der Waals surface area contributed by atoms with E-state index in [4.69, 9.17) is 4.99 Å². The lowest BCUT2D eigenvalue weighted by atomic mass is 9.95. The molecule has 2 aromatic rings. The minimum atomic E-state index is -0.173. The topological polar surface area (TPSA) is 56.7 Å². The normalized spacial score (nSPS) is 26.5. The van der Waals surface area contributed by atoms with Gasteiger partial charge >= 0.3 is 0 Å². The van der Waals surface area contributed by atoms with Gasteiger partial charge in [-0.2, -0.15) is 0 Å². The van der Waals surface area contributed by atoms with E-state index in [1.165, 1.54) is 83.5 Å². The Hall–Kier alpha value is -2.82. The van der Waals surface area contributed by atoms with E-state index < -0.39 is 0 Å². The van der Waals surface area contributed by atoms with E-state index in [2.05, 4.69) is 64.1 Å². The summed E-state index contributed by atoms with van der Waals surface area (Å²) in [5, 5.41) is 7.46. The quantitative estimate of drug-likeness (QED) is 0.323. The molecule has 0 aromatic heterocycles. The average Bonchev–Trinajstić information content (AvgIpc) is 3.59. The smallest absolute Gasteiger partial charge is 0.243 e. The summed E-state index contributed by atoms with van der Waals surface area (Å²) in [7, 11) is 0. The molecule has 1 saturated heterocycles. The van der Waals surface area contributed by atoms with E-state index in [-0.39, 0.29) is 18.0 Å². The molecule has 2 N–H and O–H groups in total. The van der Waals surface area contributed by atoms with E-state index in [0.29, 0.717) is 24.0 Å². The van der Waals surface area contributed by atoms with Gasteiger partial charge in [-0.05, 0) is 62.0 Å². The van der Waals surface area contributed by atoms with Crippen molar-refractivity contribution in [2.24, 2.45) is 10.9 Å². The van der Waals surface area contributed by atoms with E-state index in [9.17, 15) is 4.79 Å². The Balaban J connectivity index is 1.30. The number of hydrogen-bond acceptors (Lipinski definition) is 2. The van der Waals surface area contributed by atoms with Gasteiger partial charge in [-0.15, -0.1) is 0 Å². The second kappa shape index (κ2) is 12.6. The molecule has 3 aliphatic carbocycles. The summed E-state index contributed by atoms with van der Waals surface area (Å²) >= 11 is 0. The molecule has 0 bridgehead atoms. The van der Waals surface area contributed by atoms with Gasteiger partial charge in [0.1, 0.15) is 6.04 Å². The van der Waals surface area contributed by atoms with E-state index in [0.717, 1.165) is 23.5 Å². The molecule has 1 heterocycles. The molecule has 5 nitrogen and oxygen atoms in total. The molecule has 4 aliphatic rings. The van der Waals surface area contributed by atoms with Crippen LogP contribution in [0.1, 0.15) is 107 Å². The van der Waals surface area contributed by atoms with Crippen LogP contribution in [0.5, 0.6) is 0 Å². The number of rotatable bonds is 6. The summed E-state index contributed by atoms with van der Waals surface area (Å²) in [5.41, 5.74) is 2.25. The van der Waals surface area contributed by atoms with Gasteiger partial charge in [-0.1, -0.05) is 106 Å². The largest absolute Gasteiger partial charge is 0.353 e. The van der Waals surface area contributed by atoms with Gasteiger partial charge in [-0.25, -0.2) is 4.99 Å². The highest BCUT2D eigenvalue weighted by Crippen LogP contribution is 2.42. The minimum absolute atomic E-state index is 0.142. The third kappa shape index (κ3) is 6.18. The number of carbonyl (C=O) groups is 1. The van der Waals surface area contributed by atoms with Crippen molar-refractivity contribution in [2.75, 3.05) is 0 Å². The summed E-state index contributed by atoms with van der Waals surface area (Å²) in [6.07, 6.45) is 17.2. The lowest BCUT2D eigenvalue weighted by Gasteiger charge is -2.37. The van der Waals surface area contributed by atoms with Crippen molar-refractivity contribution in [2.45, 2.75) is 120 Å². The van der Waals surface area contributed by atoms with Crippen molar-refractivity contribution in [1.29, 1.82) is 0 Å². The molecule has 0 unspecified atom stereocenters. The van der Waals surface area contributed by atoms with Crippen LogP contribution in [0.2, 0.25) is 0 Å². The molecule has 3 atom stereocenters. The van der Waals surface area contributed by atoms with E-state index >= 15 is 0 Å². The molecule has 4 fully saturated rings. The van der Waals surface area contributed by atoms with Gasteiger partial charge in [0.05, 0.1) is 12.1 Å². The zero-order valence-electron chi connectivity index (χ0n) is 23.4. The number of carbonyl (C=O) groups excluding carboxylic acids is 1. The van der Waals surface area contributed by atoms with Crippen molar-refractivity contribution in [1.82, 2.24) is 15.5 Å². The molecule has 0 radical (unpaired) electrons. The second-order valence-corrected chi connectivity index (χ2v) is 12.4. The molecule has 2 aromatic carbocycles. The number of nitrogens with one attached hydrogen (secondary N) is 2. The Labute approximate surface area is 234 Å². The third-order valence-electron chi connectivity index (χ3n) is 9.76. The lowest BCUT2D eigenvalue weighted by molar-refractivity contribution is -0.125. The van der Waals surface area contributed by atoms with E-state index in [1.807, 2.05) is 12.1 Å². The fourth-order valence-electron chi connectivity index (χ4n) is 7.71. The fourth-order valence-corrected chi connectivity index (χ4v) is 7.71. The summed E-state index contributed by atoms with van der Waals surface area (Å²) in [5.74, 6) is 1.76. The predicted octanol–water partition coefficient (Wildman–Crippen LogP) is 6.75. The molecule has 6 rings (SSSR count). The number of likely N-dealkylation sites (tertiary alicyclic amines) is 1. The van der Waals surface area contributed by atoms with Crippen molar-refractivity contribution < 1.29 is 4.79 Å². The van der Waals surface area contributed by atoms with Crippen LogP contribution in [0, 0.1) is 5.92 Å². The number of guanidine groups is 1. The van der Waals surface area contributed by atoms with Gasteiger partial charge in [-0.3, -0.25) is 4.79 Å². The van der Waals surface area contributed by atoms with Crippen LogP contribution in [-0.2, 0) is 4.79 Å². The van der Waals surface area contributed by atoms with Crippen LogP contribution < -0.4 is 10.6 Å². The van der Waals surface area contributed by atoms with Gasteiger partial charge < -0.3 is 15.5 Å². The maximum absolute atomic E-state index is 14.3. The van der Waals surface area contributed by atoms with Crippen LogP contribution in [0.4, 0.5) is 0 Å². The number of aliphatic imine (C=N–C) groups is 1. The number of amides is 1. The molecular formula is C34H46N4O. The Kier molecular flexibility index (Phi) is 8.51. The first-order chi connectivity index (χ1) is 19.3. The molecule has 5 heteroatoms. The van der Waals surface area contributed by atoms with Crippen LogP contribution >= 0.6 is 0 Å². The third-order valence-corrected chi connectivity index (χ3v) is 9.76. The van der Waals surface area contributed by atoms with Crippen molar-refractivity contribution in [3.63, 3.8) is 0 Å². The first-order valence-corrected chi connectivity index (χ1v) is 15.8. The molecule has 0 spiro atoms. The number of fused-ring (bicyclic) bond motifs is 1. The van der Waals surface area contributed by atoms with E-state index in [1.54, 1.807) is 0 Å². The lowest BCUT2D eigenvalue weighted by Crippen LogP contribution is -2.56. The molecule has 39 heavy (non-hydrogen) atoms. The first-order valence-electron chi connectivity index (χ1n) is 15.8. The van der Waals surface area contributed by atoms with Crippen LogP contribution in [0.25, 0.3) is 0 Å². The monoisotopic (exact) mass is 526 g/mol. The number of hydrogen-bond donors (Lipinski definition) is 2. The van der Waals surface area contributed by atoms with Crippen LogP contribution in [0.15, 0.2) is 65.7 Å². The number of benzene rings is 2. The van der Waals surface area contributed by atoms with Crippen molar-refractivity contribution >= 4 is 11.9 Å². The maximum atomic E-state index is 14.3. The van der Waals surface area contributed by atoms with Gasteiger partial charge in [0, 0.05) is 12.1 Å². The molecule has 1 amide bonds. The van der Waals surface area contributed by atoms with Crippen LogP contribution in [-0.4, -0.2) is 40.9 Å². The average molecular weight is 527 g/mol. The maximum Gasteiger partial charge on any atom is 0.243 e. The molecule has 208 valence electrons. The Morgan fingerprint density at radius 3 is 2.00 bits per heavy atom. The highest BCUT2D eigenvalue weighted by molar-refractivity contribution is 5.90. The summed E-state index contributed by atoms with van der Waals surface area (Å²) in [6, 6.07) is 21.8. The SMILES string of the molecule is O=C(NC(c1ccccc1)c1ccccc1)[C@@H]1C[C@@H]2CCC[C@@H]2N1C(=NC1CCCCC1)NC1CCCCC1. The molecule has 3 saturated carbocycles. The highest BCUT2D eigenvalue weighted by atomic mass is 16.2. The zero-order valence-corrected chi connectivity index (χ0v) is 23.4. The van der Waals surface area contributed by atoms with Crippen LogP contribution in [0.3, 0.4) is 0 Å². The Bertz CT molecular complexity index is 1050. The van der Waals surface area contributed by atoms with Gasteiger partial charge in [0.15, 0.2) is 5.96 Å². The molecular weight excluding hydrogens is 480 g/mol. The van der Waals surface area contributed by atoms with Crippen molar-refractivity contribution in [3.05, 3.63) is 71.8 Å². The summed E-state index contributed by atoms with van der Waals surface area (Å²) in [4.78, 5) is 22.2. The predicted molar refractivity (Wildman–Crippen MR) is 159 cm³/mol. The fraction of sp³-hybridized carbons (Fsp3) is 0.588. The molecule has 1 aliphatic heterocycles. The van der Waals surface area contributed by atoms with Crippen molar-refractivity contribution in [3.8, 4) is 0 Å². The van der Waals surface area contributed by atoms with Gasteiger partial charge in [0.25, 0.3) is 0 Å². The second-order valence-electron chi connectivity index (χ2n) is 12.4. The zero-order chi connectivity index (χ0) is 26.4.